The van der Waals surface area contributed by atoms with Crippen LogP contribution in [0.15, 0.2) is 24.3 Å². The van der Waals surface area contributed by atoms with Gasteiger partial charge in [-0.05, 0) is 51.2 Å². The Balaban J connectivity index is 2.47. The average molecular weight is 334 g/mol. The van der Waals surface area contributed by atoms with Crippen molar-refractivity contribution in [3.05, 3.63) is 24.3 Å². The Labute approximate surface area is 145 Å². The van der Waals surface area contributed by atoms with Gasteiger partial charge in [-0.25, -0.2) is 0 Å². The summed E-state index contributed by atoms with van der Waals surface area (Å²) in [6, 6.07) is 7.52. The van der Waals surface area contributed by atoms with Gasteiger partial charge in [0, 0.05) is 37.6 Å². The number of anilines is 2. The van der Waals surface area contributed by atoms with Gasteiger partial charge in [0.1, 0.15) is 0 Å². The lowest BCUT2D eigenvalue weighted by atomic mass is 10.2. The fourth-order valence-electron chi connectivity index (χ4n) is 2.48. The summed E-state index contributed by atoms with van der Waals surface area (Å²) in [6.45, 7) is 13.3. The summed E-state index contributed by atoms with van der Waals surface area (Å²) in [7, 11) is 0. The first-order chi connectivity index (χ1) is 11.5. The summed E-state index contributed by atoms with van der Waals surface area (Å²) in [5.41, 5.74) is 1.72. The number of carbonyl (C=O) groups excluding carboxylic acids is 2. The zero-order valence-electron chi connectivity index (χ0n) is 15.3. The van der Waals surface area contributed by atoms with Gasteiger partial charge >= 0.3 is 11.8 Å². The van der Waals surface area contributed by atoms with Crippen molar-refractivity contribution < 1.29 is 9.59 Å². The fraction of sp³-hybridized carbons (Fsp3) is 0.556. The zero-order valence-corrected chi connectivity index (χ0v) is 15.3. The van der Waals surface area contributed by atoms with Crippen LogP contribution < -0.4 is 15.5 Å². The Hall–Kier alpha value is -2.08. The lowest BCUT2D eigenvalue weighted by Gasteiger charge is -2.21. The lowest BCUT2D eigenvalue weighted by Crippen LogP contribution is -2.40. The van der Waals surface area contributed by atoms with Crippen LogP contribution in [-0.4, -0.2) is 56.0 Å². The number of amides is 2. The molecule has 6 nitrogen and oxygen atoms in total. The minimum absolute atomic E-state index is 0.467. The molecule has 0 aliphatic rings. The molecule has 1 rings (SSSR count). The summed E-state index contributed by atoms with van der Waals surface area (Å²) < 4.78 is 0. The SMILES string of the molecule is CCN(CC)CCNC(=O)C(=O)Nc1ccc(N(CC)CC)cc1. The molecule has 134 valence electrons. The molecule has 0 bridgehead atoms. The first-order valence-electron chi connectivity index (χ1n) is 8.72. The first kappa shape index (κ1) is 20.0. The third kappa shape index (κ3) is 6.20. The second kappa shape index (κ2) is 10.6. The minimum atomic E-state index is -0.634. The molecular formula is C18H30N4O2. The van der Waals surface area contributed by atoms with Crippen molar-refractivity contribution in [3.63, 3.8) is 0 Å². The molecule has 2 amide bonds. The van der Waals surface area contributed by atoms with E-state index in [0.29, 0.717) is 12.2 Å². The number of nitrogens with one attached hydrogen (secondary N) is 2. The molecule has 2 N–H and O–H groups in total. The van der Waals surface area contributed by atoms with E-state index in [1.807, 2.05) is 24.3 Å². The van der Waals surface area contributed by atoms with E-state index in [9.17, 15) is 9.59 Å². The van der Waals surface area contributed by atoms with E-state index in [1.165, 1.54) is 0 Å². The minimum Gasteiger partial charge on any atom is -0.372 e. The van der Waals surface area contributed by atoms with Crippen molar-refractivity contribution in [3.8, 4) is 0 Å². The number of benzene rings is 1. The number of carbonyl (C=O) groups is 2. The summed E-state index contributed by atoms with van der Waals surface area (Å²) in [5, 5.41) is 5.28. The van der Waals surface area contributed by atoms with Gasteiger partial charge in [0.25, 0.3) is 0 Å². The molecule has 0 heterocycles. The topological polar surface area (TPSA) is 64.7 Å². The summed E-state index contributed by atoms with van der Waals surface area (Å²) in [6.07, 6.45) is 0. The molecule has 0 atom stereocenters. The highest BCUT2D eigenvalue weighted by Gasteiger charge is 2.13. The van der Waals surface area contributed by atoms with E-state index in [2.05, 4.69) is 48.1 Å². The van der Waals surface area contributed by atoms with E-state index in [4.69, 9.17) is 0 Å². The van der Waals surface area contributed by atoms with Crippen LogP contribution in [0.4, 0.5) is 11.4 Å². The van der Waals surface area contributed by atoms with Crippen LogP contribution >= 0.6 is 0 Å². The van der Waals surface area contributed by atoms with Gasteiger partial charge in [-0.2, -0.15) is 0 Å². The highest BCUT2D eigenvalue weighted by molar-refractivity contribution is 6.39. The number of likely N-dealkylation sites (N-methyl/N-ethyl adjacent to an activating group) is 1. The van der Waals surface area contributed by atoms with Gasteiger partial charge in [-0.1, -0.05) is 13.8 Å². The Morgan fingerprint density at radius 2 is 1.46 bits per heavy atom. The summed E-state index contributed by atoms with van der Waals surface area (Å²) >= 11 is 0. The zero-order chi connectivity index (χ0) is 17.9. The van der Waals surface area contributed by atoms with Crippen LogP contribution in [0.25, 0.3) is 0 Å². The van der Waals surface area contributed by atoms with Crippen molar-refractivity contribution in [2.75, 3.05) is 49.5 Å². The molecule has 0 aromatic heterocycles. The Kier molecular flexibility index (Phi) is 8.86. The predicted molar refractivity (Wildman–Crippen MR) is 99.4 cm³/mol. The van der Waals surface area contributed by atoms with Crippen LogP contribution in [0.2, 0.25) is 0 Å². The fourth-order valence-corrected chi connectivity index (χ4v) is 2.48. The molecule has 0 fully saturated rings. The van der Waals surface area contributed by atoms with Crippen molar-refractivity contribution in [1.82, 2.24) is 10.2 Å². The molecule has 0 aliphatic carbocycles. The molecule has 0 spiro atoms. The molecule has 0 aliphatic heterocycles. The van der Waals surface area contributed by atoms with Gasteiger partial charge in [0.15, 0.2) is 0 Å². The molecule has 0 saturated heterocycles. The lowest BCUT2D eigenvalue weighted by molar-refractivity contribution is -0.136. The van der Waals surface area contributed by atoms with Gasteiger partial charge in [0.2, 0.25) is 0 Å². The van der Waals surface area contributed by atoms with E-state index in [0.717, 1.165) is 38.4 Å². The molecule has 0 radical (unpaired) electrons. The summed E-state index contributed by atoms with van der Waals surface area (Å²) in [5.74, 6) is -1.24. The summed E-state index contributed by atoms with van der Waals surface area (Å²) in [4.78, 5) is 28.1. The standard InChI is InChI=1S/C18H30N4O2/c1-5-21(6-2)14-13-19-17(23)18(24)20-15-9-11-16(12-10-15)22(7-3)8-4/h9-12H,5-8,13-14H2,1-4H3,(H,19,23)(H,20,24). The van der Waals surface area contributed by atoms with Crippen molar-refractivity contribution >= 4 is 23.2 Å². The third-order valence-electron chi connectivity index (χ3n) is 4.07. The normalized spacial score (nSPS) is 10.5. The smallest absolute Gasteiger partial charge is 0.313 e. The van der Waals surface area contributed by atoms with E-state index >= 15 is 0 Å². The maximum atomic E-state index is 11.9. The van der Waals surface area contributed by atoms with E-state index in [1.54, 1.807) is 0 Å². The Bertz CT molecular complexity index is 508. The molecule has 0 unspecified atom stereocenters. The average Bonchev–Trinajstić information content (AvgIpc) is 2.61. The van der Waals surface area contributed by atoms with Crippen LogP contribution in [0.5, 0.6) is 0 Å². The second-order valence-corrected chi connectivity index (χ2v) is 5.46. The van der Waals surface area contributed by atoms with Gasteiger partial charge in [-0.15, -0.1) is 0 Å². The maximum absolute atomic E-state index is 11.9. The predicted octanol–water partition coefficient (Wildman–Crippen LogP) is 1.93. The molecule has 0 saturated carbocycles. The number of hydrogen-bond acceptors (Lipinski definition) is 4. The molecule has 1 aromatic carbocycles. The largest absolute Gasteiger partial charge is 0.372 e. The molecule has 6 heteroatoms. The van der Waals surface area contributed by atoms with Crippen LogP contribution in [0.1, 0.15) is 27.7 Å². The monoisotopic (exact) mass is 334 g/mol. The second-order valence-electron chi connectivity index (χ2n) is 5.46. The van der Waals surface area contributed by atoms with Gasteiger partial charge in [-0.3, -0.25) is 9.59 Å². The number of hydrogen-bond donors (Lipinski definition) is 2. The molecular weight excluding hydrogens is 304 g/mol. The van der Waals surface area contributed by atoms with Crippen LogP contribution in [-0.2, 0) is 9.59 Å². The first-order valence-corrected chi connectivity index (χ1v) is 8.72. The molecule has 1 aromatic rings. The van der Waals surface area contributed by atoms with E-state index in [-0.39, 0.29) is 0 Å². The Morgan fingerprint density at radius 1 is 0.875 bits per heavy atom. The van der Waals surface area contributed by atoms with Crippen molar-refractivity contribution in [1.29, 1.82) is 0 Å². The third-order valence-corrected chi connectivity index (χ3v) is 4.07. The number of nitrogens with zero attached hydrogens (tertiary/aromatic N) is 2. The quantitative estimate of drug-likeness (QED) is 0.677. The highest BCUT2D eigenvalue weighted by atomic mass is 16.2. The van der Waals surface area contributed by atoms with Crippen molar-refractivity contribution in [2.24, 2.45) is 0 Å². The maximum Gasteiger partial charge on any atom is 0.313 e. The van der Waals surface area contributed by atoms with E-state index < -0.39 is 11.8 Å². The van der Waals surface area contributed by atoms with Crippen LogP contribution in [0, 0.1) is 0 Å². The van der Waals surface area contributed by atoms with Crippen LogP contribution in [0.3, 0.4) is 0 Å². The Morgan fingerprint density at radius 3 is 1.96 bits per heavy atom. The molecule has 24 heavy (non-hydrogen) atoms. The van der Waals surface area contributed by atoms with Crippen molar-refractivity contribution in [2.45, 2.75) is 27.7 Å². The van der Waals surface area contributed by atoms with Gasteiger partial charge in [0.05, 0.1) is 0 Å². The van der Waals surface area contributed by atoms with Gasteiger partial charge < -0.3 is 20.4 Å². The number of rotatable bonds is 9. The highest BCUT2D eigenvalue weighted by Crippen LogP contribution is 2.17.